The Labute approximate surface area is 152 Å². The smallest absolute Gasteiger partial charge is 0.260 e. The number of aromatic nitrogens is 3. The summed E-state index contributed by atoms with van der Waals surface area (Å²) < 4.78 is 0. The number of H-pyrrole nitrogens is 2. The Morgan fingerprint density at radius 2 is 2.32 bits per heavy atom. The molecular formula is C17H17N4O2S2+. The zero-order valence-corrected chi connectivity index (χ0v) is 15.1. The first-order valence-electron chi connectivity index (χ1n) is 8.10. The number of pyridine rings is 1. The SMILES string of the molecule is O=C(CSc1nc2sc3c(c2c(=O)[nH]1)CCC3)NCc1cccc[nH+]1. The number of thioether (sulfide) groups is 1. The number of fused-ring (bicyclic) bond motifs is 3. The molecule has 3 heterocycles. The first-order chi connectivity index (χ1) is 12.2. The molecule has 1 aliphatic rings. The lowest BCUT2D eigenvalue weighted by Gasteiger charge is -2.03. The Morgan fingerprint density at radius 1 is 1.40 bits per heavy atom. The number of hydrogen-bond acceptors (Lipinski definition) is 5. The molecular weight excluding hydrogens is 356 g/mol. The maximum Gasteiger partial charge on any atom is 0.260 e. The molecule has 6 nitrogen and oxygen atoms in total. The van der Waals surface area contributed by atoms with Gasteiger partial charge in [0.2, 0.25) is 5.91 Å². The summed E-state index contributed by atoms with van der Waals surface area (Å²) in [6.07, 6.45) is 4.94. The lowest BCUT2D eigenvalue weighted by Crippen LogP contribution is -2.28. The van der Waals surface area contributed by atoms with E-state index in [-0.39, 0.29) is 17.2 Å². The van der Waals surface area contributed by atoms with Gasteiger partial charge in [0, 0.05) is 17.0 Å². The molecule has 4 rings (SSSR count). The fourth-order valence-electron chi connectivity index (χ4n) is 2.97. The van der Waals surface area contributed by atoms with Crippen LogP contribution in [-0.2, 0) is 24.2 Å². The molecule has 0 fully saturated rings. The lowest BCUT2D eigenvalue weighted by molar-refractivity contribution is -0.390. The van der Waals surface area contributed by atoms with E-state index in [0.29, 0.717) is 11.7 Å². The van der Waals surface area contributed by atoms with Gasteiger partial charge < -0.3 is 10.3 Å². The lowest BCUT2D eigenvalue weighted by atomic mass is 10.2. The molecule has 25 heavy (non-hydrogen) atoms. The van der Waals surface area contributed by atoms with Crippen molar-refractivity contribution in [2.75, 3.05) is 5.75 Å². The molecule has 8 heteroatoms. The molecule has 0 saturated heterocycles. The third kappa shape index (κ3) is 3.45. The Bertz CT molecular complexity index is 981. The second kappa shape index (κ2) is 6.97. The number of carbonyl (C=O) groups is 1. The highest BCUT2D eigenvalue weighted by molar-refractivity contribution is 7.99. The molecule has 0 atom stereocenters. The van der Waals surface area contributed by atoms with Gasteiger partial charge in [0.05, 0.1) is 11.1 Å². The van der Waals surface area contributed by atoms with Crippen LogP contribution in [0.15, 0.2) is 34.3 Å². The van der Waals surface area contributed by atoms with Crippen molar-refractivity contribution in [1.82, 2.24) is 15.3 Å². The maximum absolute atomic E-state index is 12.4. The Hall–Kier alpha value is -2.19. The molecule has 128 valence electrons. The van der Waals surface area contributed by atoms with E-state index in [4.69, 9.17) is 0 Å². The normalized spacial score (nSPS) is 13.1. The summed E-state index contributed by atoms with van der Waals surface area (Å²) in [7, 11) is 0. The summed E-state index contributed by atoms with van der Waals surface area (Å²) in [6, 6.07) is 5.71. The van der Waals surface area contributed by atoms with Crippen LogP contribution >= 0.6 is 23.1 Å². The van der Waals surface area contributed by atoms with E-state index in [1.165, 1.54) is 22.2 Å². The van der Waals surface area contributed by atoms with Crippen LogP contribution in [0, 0.1) is 0 Å². The molecule has 0 radical (unpaired) electrons. The van der Waals surface area contributed by atoms with E-state index in [1.54, 1.807) is 11.3 Å². The van der Waals surface area contributed by atoms with Gasteiger partial charge in [-0.15, -0.1) is 11.3 Å². The number of thiophene rings is 1. The fourth-order valence-corrected chi connectivity index (χ4v) is 4.98. The molecule has 3 N–H and O–H groups in total. The quantitative estimate of drug-likeness (QED) is 0.526. The number of aryl methyl sites for hydroxylation is 2. The van der Waals surface area contributed by atoms with Gasteiger partial charge in [-0.1, -0.05) is 17.8 Å². The highest BCUT2D eigenvalue weighted by Crippen LogP contribution is 2.34. The van der Waals surface area contributed by atoms with Crippen molar-refractivity contribution < 1.29 is 9.78 Å². The Morgan fingerprint density at radius 3 is 3.16 bits per heavy atom. The van der Waals surface area contributed by atoms with E-state index in [1.807, 2.05) is 24.4 Å². The van der Waals surface area contributed by atoms with E-state index < -0.39 is 0 Å². The number of nitrogens with one attached hydrogen (secondary N) is 3. The third-order valence-corrected chi connectivity index (χ3v) is 6.20. The first kappa shape index (κ1) is 16.3. The van der Waals surface area contributed by atoms with Crippen molar-refractivity contribution in [1.29, 1.82) is 0 Å². The monoisotopic (exact) mass is 373 g/mol. The second-order valence-corrected chi connectivity index (χ2v) is 7.91. The molecule has 0 bridgehead atoms. The summed E-state index contributed by atoms with van der Waals surface area (Å²) in [5.74, 6) is 0.116. The third-order valence-electron chi connectivity index (χ3n) is 4.14. The van der Waals surface area contributed by atoms with E-state index in [0.717, 1.165) is 35.2 Å². The topological polar surface area (TPSA) is 89.0 Å². The van der Waals surface area contributed by atoms with Gasteiger partial charge in [-0.25, -0.2) is 9.97 Å². The average Bonchev–Trinajstić information content (AvgIpc) is 3.19. The van der Waals surface area contributed by atoms with Crippen molar-refractivity contribution in [3.63, 3.8) is 0 Å². The van der Waals surface area contributed by atoms with Crippen LogP contribution in [0.25, 0.3) is 10.2 Å². The molecule has 0 aliphatic heterocycles. The van der Waals surface area contributed by atoms with Crippen molar-refractivity contribution in [3.05, 3.63) is 50.9 Å². The molecule has 0 spiro atoms. The summed E-state index contributed by atoms with van der Waals surface area (Å²) >= 11 is 2.86. The fraction of sp³-hybridized carbons (Fsp3) is 0.294. The molecule has 1 aliphatic carbocycles. The molecule has 3 aromatic rings. The van der Waals surface area contributed by atoms with Gasteiger partial charge in [-0.2, -0.15) is 0 Å². The van der Waals surface area contributed by atoms with Crippen molar-refractivity contribution in [2.24, 2.45) is 0 Å². The number of rotatable bonds is 5. The Kier molecular flexibility index (Phi) is 4.54. The van der Waals surface area contributed by atoms with E-state index >= 15 is 0 Å². The molecule has 3 aromatic heterocycles. The molecule has 0 aromatic carbocycles. The number of amides is 1. The minimum atomic E-state index is -0.0985. The summed E-state index contributed by atoms with van der Waals surface area (Å²) in [6.45, 7) is 0.445. The predicted molar refractivity (Wildman–Crippen MR) is 97.8 cm³/mol. The van der Waals surface area contributed by atoms with Crippen LogP contribution < -0.4 is 15.9 Å². The van der Waals surface area contributed by atoms with Gasteiger partial charge in [-0.3, -0.25) is 9.59 Å². The second-order valence-electron chi connectivity index (χ2n) is 5.86. The van der Waals surface area contributed by atoms with E-state index in [2.05, 4.69) is 20.3 Å². The summed E-state index contributed by atoms with van der Waals surface area (Å²) in [5.41, 5.74) is 2.01. The van der Waals surface area contributed by atoms with Crippen molar-refractivity contribution >= 4 is 39.2 Å². The largest absolute Gasteiger partial charge is 0.345 e. The zero-order valence-electron chi connectivity index (χ0n) is 13.4. The Balaban J connectivity index is 1.41. The van der Waals surface area contributed by atoms with Gasteiger partial charge in [0.25, 0.3) is 5.56 Å². The minimum absolute atomic E-state index is 0.0915. The average molecular weight is 373 g/mol. The predicted octanol–water partition coefficient (Wildman–Crippen LogP) is 1.70. The minimum Gasteiger partial charge on any atom is -0.345 e. The van der Waals surface area contributed by atoms with Gasteiger partial charge >= 0.3 is 0 Å². The zero-order chi connectivity index (χ0) is 17.2. The van der Waals surface area contributed by atoms with Crippen LogP contribution in [0.3, 0.4) is 0 Å². The van der Waals surface area contributed by atoms with Crippen molar-refractivity contribution in [2.45, 2.75) is 31.0 Å². The number of carbonyl (C=O) groups excluding carboxylic acids is 1. The number of hydrogen-bond donors (Lipinski definition) is 2. The van der Waals surface area contributed by atoms with Crippen LogP contribution in [0.2, 0.25) is 0 Å². The van der Waals surface area contributed by atoms with Crippen LogP contribution in [0.1, 0.15) is 22.6 Å². The number of nitrogens with zero attached hydrogens (tertiary/aromatic N) is 1. The van der Waals surface area contributed by atoms with E-state index in [9.17, 15) is 9.59 Å². The van der Waals surface area contributed by atoms with Crippen LogP contribution in [0.4, 0.5) is 0 Å². The summed E-state index contributed by atoms with van der Waals surface area (Å²) in [4.78, 5) is 36.8. The van der Waals surface area contributed by atoms with Gasteiger partial charge in [0.15, 0.2) is 17.0 Å². The molecule has 0 saturated carbocycles. The van der Waals surface area contributed by atoms with Crippen LogP contribution in [0.5, 0.6) is 0 Å². The summed E-state index contributed by atoms with van der Waals surface area (Å²) in [5, 5.41) is 4.08. The van der Waals surface area contributed by atoms with Gasteiger partial charge in [0.1, 0.15) is 11.4 Å². The molecule has 0 unspecified atom stereocenters. The number of aromatic amines is 2. The van der Waals surface area contributed by atoms with Gasteiger partial charge in [-0.05, 0) is 24.8 Å². The van der Waals surface area contributed by atoms with Crippen LogP contribution in [-0.4, -0.2) is 21.6 Å². The molecule has 1 amide bonds. The standard InChI is InChI=1S/C17H16N4O2S2/c22-13(19-8-10-4-1-2-7-18-10)9-24-17-20-15(23)14-11-5-3-6-12(11)25-16(14)21-17/h1-2,4,7H,3,5-6,8-9H2,(H,19,22)(H,20,21,23)/p+1. The highest BCUT2D eigenvalue weighted by Gasteiger charge is 2.21. The first-order valence-corrected chi connectivity index (χ1v) is 9.90. The maximum atomic E-state index is 12.4. The highest BCUT2D eigenvalue weighted by atomic mass is 32.2. The van der Waals surface area contributed by atoms with Crippen molar-refractivity contribution in [3.8, 4) is 0 Å².